The zero-order valence-corrected chi connectivity index (χ0v) is 13.9. The maximum absolute atomic E-state index is 10.8. The Hall–Kier alpha value is -1.51. The van der Waals surface area contributed by atoms with Gasteiger partial charge in [0, 0.05) is 5.56 Å². The highest BCUT2D eigenvalue weighted by atomic mass is 16.5. The van der Waals surface area contributed by atoms with Gasteiger partial charge in [0.25, 0.3) is 5.91 Å². The lowest BCUT2D eigenvalue weighted by molar-refractivity contribution is 0.0992. The molecule has 1 aromatic carbocycles. The molecule has 0 aliphatic carbocycles. The minimum atomic E-state index is -0.652. The summed E-state index contributed by atoms with van der Waals surface area (Å²) in [5.41, 5.74) is 7.41. The number of ether oxygens (including phenoxy) is 1. The molecule has 0 heterocycles. The van der Waals surface area contributed by atoms with Gasteiger partial charge in [0.05, 0.1) is 6.61 Å². The van der Waals surface area contributed by atoms with Gasteiger partial charge in [-0.25, -0.2) is 0 Å². The van der Waals surface area contributed by atoms with Gasteiger partial charge in [-0.05, 0) is 30.7 Å². The predicted octanol–water partition coefficient (Wildman–Crippen LogP) is 5.41. The number of amides is 1. The minimum Gasteiger partial charge on any atom is -0.494 e. The van der Waals surface area contributed by atoms with Crippen LogP contribution in [0, 0.1) is 0 Å². The molecule has 1 N–H and O–H groups in total. The Morgan fingerprint density at radius 1 is 0.864 bits per heavy atom. The molecule has 3 heteroatoms. The maximum Gasteiger partial charge on any atom is 0.269 e. The molecule has 1 rings (SSSR count). The van der Waals surface area contributed by atoms with Gasteiger partial charge in [0.15, 0.2) is 0 Å². The molecule has 0 spiro atoms. The van der Waals surface area contributed by atoms with Crippen molar-refractivity contribution in [1.29, 1.82) is 0 Å². The van der Waals surface area contributed by atoms with E-state index in [1.807, 2.05) is 0 Å². The fourth-order valence-corrected chi connectivity index (χ4v) is 2.48. The molecule has 0 bridgehead atoms. The monoisotopic (exact) mass is 304 g/mol. The molecule has 3 nitrogen and oxygen atoms in total. The van der Waals surface area contributed by atoms with Gasteiger partial charge in [-0.3, -0.25) is 10.5 Å². The largest absolute Gasteiger partial charge is 0.494 e. The zero-order valence-electron chi connectivity index (χ0n) is 13.9. The number of hydrogen-bond acceptors (Lipinski definition) is 2. The second kappa shape index (κ2) is 12.1. The van der Waals surface area contributed by atoms with Crippen molar-refractivity contribution in [1.82, 2.24) is 5.73 Å². The second-order valence-electron chi connectivity index (χ2n) is 5.88. The number of benzene rings is 1. The Bertz CT molecular complexity index is 400. The van der Waals surface area contributed by atoms with Crippen molar-refractivity contribution in [2.24, 2.45) is 0 Å². The highest BCUT2D eigenvalue weighted by molar-refractivity contribution is 5.92. The molecule has 123 valence electrons. The molecule has 0 atom stereocenters. The Balaban J connectivity index is 1.94. The summed E-state index contributed by atoms with van der Waals surface area (Å²) in [4.78, 5) is 10.8. The quantitative estimate of drug-likeness (QED) is 0.457. The van der Waals surface area contributed by atoms with Crippen LogP contribution >= 0.6 is 0 Å². The molecule has 0 aliphatic heterocycles. The topological polar surface area (TPSA) is 50.1 Å². The third-order valence-electron chi connectivity index (χ3n) is 3.88. The minimum absolute atomic E-state index is 0.409. The van der Waals surface area contributed by atoms with Crippen LogP contribution in [0.1, 0.15) is 81.5 Å². The Kier molecular flexibility index (Phi) is 10.2. The average molecular weight is 304 g/mol. The number of carbonyl (C=O) groups excluding carboxylic acids is 1. The van der Waals surface area contributed by atoms with E-state index >= 15 is 0 Å². The van der Waals surface area contributed by atoms with Crippen molar-refractivity contribution in [2.45, 2.75) is 71.1 Å². The number of nitrogens with one attached hydrogen (secondary N) is 1. The van der Waals surface area contributed by atoms with Crippen LogP contribution in [-0.4, -0.2) is 12.5 Å². The summed E-state index contributed by atoms with van der Waals surface area (Å²) in [5.74, 6) is 0.127. The third-order valence-corrected chi connectivity index (χ3v) is 3.88. The summed E-state index contributed by atoms with van der Waals surface area (Å²) in [6, 6.07) is 6.81. The number of hydrogen-bond donors (Lipinski definition) is 0. The van der Waals surface area contributed by atoms with E-state index in [2.05, 4.69) is 6.92 Å². The van der Waals surface area contributed by atoms with Gasteiger partial charge in [-0.2, -0.15) is 0 Å². The number of unbranched alkanes of at least 4 members (excludes halogenated alkanes) is 9. The summed E-state index contributed by atoms with van der Waals surface area (Å²) in [5, 5.41) is 0. The maximum atomic E-state index is 10.8. The highest BCUT2D eigenvalue weighted by Crippen LogP contribution is 2.14. The normalized spacial score (nSPS) is 10.6. The second-order valence-corrected chi connectivity index (χ2v) is 5.88. The molecule has 0 unspecified atom stereocenters. The SMILES string of the molecule is CCCCCCCCCCCCOc1ccc(C([NH])=O)cc1. The van der Waals surface area contributed by atoms with Gasteiger partial charge in [-0.15, -0.1) is 0 Å². The zero-order chi connectivity index (χ0) is 16.0. The van der Waals surface area contributed by atoms with Crippen LogP contribution in [0.2, 0.25) is 0 Å². The van der Waals surface area contributed by atoms with Crippen LogP contribution < -0.4 is 10.5 Å². The first-order chi connectivity index (χ1) is 10.7. The van der Waals surface area contributed by atoms with E-state index in [-0.39, 0.29) is 0 Å². The molecule has 1 amide bonds. The van der Waals surface area contributed by atoms with Crippen molar-refractivity contribution in [3.8, 4) is 5.75 Å². The smallest absolute Gasteiger partial charge is 0.269 e. The van der Waals surface area contributed by atoms with E-state index < -0.39 is 5.91 Å². The summed E-state index contributed by atoms with van der Waals surface area (Å²) in [7, 11) is 0. The van der Waals surface area contributed by atoms with Crippen LogP contribution in [0.25, 0.3) is 0 Å². The summed E-state index contributed by atoms with van der Waals surface area (Å²) < 4.78 is 5.64. The van der Waals surface area contributed by atoms with Gasteiger partial charge < -0.3 is 4.74 Å². The van der Waals surface area contributed by atoms with E-state index in [9.17, 15) is 4.79 Å². The highest BCUT2D eigenvalue weighted by Gasteiger charge is 2.00. The van der Waals surface area contributed by atoms with Crippen LogP contribution in [-0.2, 0) is 0 Å². The van der Waals surface area contributed by atoms with Gasteiger partial charge >= 0.3 is 0 Å². The van der Waals surface area contributed by atoms with E-state index in [1.165, 1.54) is 57.8 Å². The lowest BCUT2D eigenvalue weighted by Crippen LogP contribution is -2.00. The van der Waals surface area contributed by atoms with Crippen molar-refractivity contribution in [2.75, 3.05) is 6.61 Å². The van der Waals surface area contributed by atoms with Crippen LogP contribution in [0.4, 0.5) is 0 Å². The lowest BCUT2D eigenvalue weighted by atomic mass is 10.1. The average Bonchev–Trinajstić information content (AvgIpc) is 2.53. The van der Waals surface area contributed by atoms with Gasteiger partial charge in [0.1, 0.15) is 5.75 Å². The van der Waals surface area contributed by atoms with E-state index in [4.69, 9.17) is 10.5 Å². The lowest BCUT2D eigenvalue weighted by Gasteiger charge is -2.06. The van der Waals surface area contributed by atoms with E-state index in [0.29, 0.717) is 5.56 Å². The molecule has 0 saturated heterocycles. The van der Waals surface area contributed by atoms with Crippen molar-refractivity contribution >= 4 is 5.91 Å². The van der Waals surface area contributed by atoms with Gasteiger partial charge in [0.2, 0.25) is 0 Å². The molecular formula is C19H30NO2. The van der Waals surface area contributed by atoms with Crippen molar-refractivity contribution in [3.63, 3.8) is 0 Å². The van der Waals surface area contributed by atoms with E-state index in [1.54, 1.807) is 24.3 Å². The Morgan fingerprint density at radius 2 is 1.36 bits per heavy atom. The molecular weight excluding hydrogens is 274 g/mol. The predicted molar refractivity (Wildman–Crippen MR) is 91.2 cm³/mol. The summed E-state index contributed by atoms with van der Waals surface area (Å²) in [6.45, 7) is 2.98. The molecule has 1 radical (unpaired) electrons. The molecule has 0 fully saturated rings. The fraction of sp³-hybridized carbons (Fsp3) is 0.632. The van der Waals surface area contributed by atoms with Crippen LogP contribution in [0.5, 0.6) is 5.75 Å². The summed E-state index contributed by atoms with van der Waals surface area (Å²) >= 11 is 0. The van der Waals surface area contributed by atoms with Crippen LogP contribution in [0.3, 0.4) is 0 Å². The molecule has 1 aromatic rings. The number of carbonyl (C=O) groups is 1. The molecule has 0 saturated carbocycles. The molecule has 0 aromatic heterocycles. The first-order valence-electron chi connectivity index (χ1n) is 8.73. The first kappa shape index (κ1) is 18.5. The Labute approximate surface area is 135 Å². The molecule has 22 heavy (non-hydrogen) atoms. The number of rotatable bonds is 13. The third kappa shape index (κ3) is 8.71. The summed E-state index contributed by atoms with van der Waals surface area (Å²) in [6.07, 6.45) is 13.2. The van der Waals surface area contributed by atoms with Gasteiger partial charge in [-0.1, -0.05) is 64.7 Å². The van der Waals surface area contributed by atoms with Crippen molar-refractivity contribution in [3.05, 3.63) is 29.8 Å². The van der Waals surface area contributed by atoms with Crippen molar-refractivity contribution < 1.29 is 9.53 Å². The first-order valence-corrected chi connectivity index (χ1v) is 8.73. The standard InChI is InChI=1S/C19H30NO2/c1-2-3-4-5-6-7-8-9-10-11-16-22-18-14-12-17(13-15-18)19(20)21/h12-15,20H,2-11,16H2,1H3. The molecule has 0 aliphatic rings. The Morgan fingerprint density at radius 3 is 1.86 bits per heavy atom. The van der Waals surface area contributed by atoms with E-state index in [0.717, 1.165) is 18.8 Å². The van der Waals surface area contributed by atoms with Crippen LogP contribution in [0.15, 0.2) is 24.3 Å². The fourth-order valence-electron chi connectivity index (χ4n) is 2.48.